The smallest absolute Gasteiger partial charge is 0.129 e. The Morgan fingerprint density at radius 2 is 1.29 bits per heavy atom. The number of benzene rings is 2. The van der Waals surface area contributed by atoms with Crippen molar-refractivity contribution in [2.45, 2.75) is 13.0 Å². The lowest BCUT2D eigenvalue weighted by atomic mass is 9.95. The maximum Gasteiger partial charge on any atom is 0.129 e. The third-order valence-electron chi connectivity index (χ3n) is 4.58. The largest absolute Gasteiger partial charge is 0.507 e. The van der Waals surface area contributed by atoms with Crippen LogP contribution in [0.25, 0.3) is 32.9 Å². The summed E-state index contributed by atoms with van der Waals surface area (Å²) >= 11 is 0. The summed E-state index contributed by atoms with van der Waals surface area (Å²) in [6, 6.07) is 11.4. The van der Waals surface area contributed by atoms with Crippen molar-refractivity contribution in [3.8, 4) is 0 Å². The Kier molecular flexibility index (Phi) is 4.92. The zero-order valence-corrected chi connectivity index (χ0v) is 15.4. The highest BCUT2D eigenvalue weighted by molar-refractivity contribution is 5.94. The average molecular weight is 374 g/mol. The van der Waals surface area contributed by atoms with Crippen molar-refractivity contribution in [3.05, 3.63) is 72.3 Å². The molecule has 0 amide bonds. The molecular weight excluding hydrogens is 356 g/mol. The molecule has 1 atom stereocenters. The van der Waals surface area contributed by atoms with Gasteiger partial charge < -0.3 is 5.11 Å². The van der Waals surface area contributed by atoms with Gasteiger partial charge in [0.1, 0.15) is 11.9 Å². The first-order chi connectivity index (χ1) is 13.7. The summed E-state index contributed by atoms with van der Waals surface area (Å²) in [6.45, 7) is 1.82. The van der Waals surface area contributed by atoms with Gasteiger partial charge in [0.25, 0.3) is 0 Å². The third-order valence-corrected chi connectivity index (χ3v) is 4.58. The second-order valence-corrected chi connectivity index (χ2v) is 6.33. The Bertz CT molecular complexity index is 1180. The van der Waals surface area contributed by atoms with Crippen molar-refractivity contribution in [2.75, 3.05) is 7.11 Å². The van der Waals surface area contributed by atoms with Crippen molar-refractivity contribution in [1.82, 2.24) is 20.4 Å². The summed E-state index contributed by atoms with van der Waals surface area (Å²) in [5, 5.41) is 30.5. The molecule has 7 heteroatoms. The van der Waals surface area contributed by atoms with Crippen molar-refractivity contribution >= 4 is 32.9 Å². The van der Waals surface area contributed by atoms with Crippen molar-refractivity contribution in [3.63, 3.8) is 0 Å². The van der Waals surface area contributed by atoms with Gasteiger partial charge in [-0.05, 0) is 24.6 Å². The Hall–Kier alpha value is -3.42. The lowest BCUT2D eigenvalue weighted by molar-refractivity contribution is -0.286. The fraction of sp³-hybridized carbons (Fsp3) is 0.143. The molecule has 1 unspecified atom stereocenters. The summed E-state index contributed by atoms with van der Waals surface area (Å²) in [6.07, 6.45) is 6.21. The first-order valence-electron chi connectivity index (χ1n) is 8.71. The average Bonchev–Trinajstić information content (AvgIpc) is 2.73. The lowest BCUT2D eigenvalue weighted by Gasteiger charge is -2.18. The van der Waals surface area contributed by atoms with E-state index in [4.69, 9.17) is 9.78 Å². The van der Waals surface area contributed by atoms with Gasteiger partial charge in [-0.2, -0.15) is 20.4 Å². The Labute approximate surface area is 161 Å². The van der Waals surface area contributed by atoms with Gasteiger partial charge in [-0.3, -0.25) is 0 Å². The van der Waals surface area contributed by atoms with E-state index < -0.39 is 6.10 Å². The second kappa shape index (κ2) is 7.67. The maximum atomic E-state index is 11.1. The molecule has 0 aliphatic heterocycles. The van der Waals surface area contributed by atoms with Crippen LogP contribution in [0, 0.1) is 0 Å². The normalized spacial score (nSPS) is 13.5. The summed E-state index contributed by atoms with van der Waals surface area (Å²) in [7, 11) is 1.44. The molecule has 28 heavy (non-hydrogen) atoms. The van der Waals surface area contributed by atoms with Crippen LogP contribution in [-0.4, -0.2) is 38.7 Å². The Morgan fingerprint density at radius 1 is 0.786 bits per heavy atom. The highest BCUT2D eigenvalue weighted by Crippen LogP contribution is 2.31. The number of aliphatic hydroxyl groups excluding tert-OH is 1. The van der Waals surface area contributed by atoms with Gasteiger partial charge in [-0.1, -0.05) is 24.3 Å². The van der Waals surface area contributed by atoms with Crippen LogP contribution in [0.1, 0.15) is 18.1 Å². The number of rotatable bonds is 5. The van der Waals surface area contributed by atoms with Crippen LogP contribution < -0.4 is 0 Å². The Morgan fingerprint density at radius 3 is 1.86 bits per heavy atom. The molecule has 0 saturated carbocycles. The van der Waals surface area contributed by atoms with E-state index in [9.17, 15) is 5.11 Å². The molecule has 0 spiro atoms. The van der Waals surface area contributed by atoms with Gasteiger partial charge in [0.15, 0.2) is 0 Å². The van der Waals surface area contributed by atoms with Gasteiger partial charge in [0, 0.05) is 32.7 Å². The number of fused-ring (bicyclic) bond motifs is 2. The van der Waals surface area contributed by atoms with E-state index in [0.717, 1.165) is 27.1 Å². The molecule has 0 aliphatic rings. The molecule has 4 aromatic rings. The topological polar surface area (TPSA) is 90.2 Å². The van der Waals surface area contributed by atoms with Crippen LogP contribution in [0.4, 0.5) is 0 Å². The van der Waals surface area contributed by atoms with Gasteiger partial charge in [-0.15, -0.1) is 0 Å². The molecule has 140 valence electrons. The van der Waals surface area contributed by atoms with Crippen molar-refractivity contribution in [2.24, 2.45) is 0 Å². The highest BCUT2D eigenvalue weighted by Gasteiger charge is 2.20. The molecule has 2 aromatic heterocycles. The van der Waals surface area contributed by atoms with Crippen LogP contribution in [0.3, 0.4) is 0 Å². The van der Waals surface area contributed by atoms with E-state index in [1.54, 1.807) is 24.8 Å². The number of aromatic nitrogens is 4. The van der Waals surface area contributed by atoms with Crippen LogP contribution >= 0.6 is 0 Å². The minimum atomic E-state index is -0.511. The quantitative estimate of drug-likeness (QED) is 0.245. The SMILES string of the molecule is COOC(C)/C(=C(\O)c1ccc2cnncc2c1)c1ccc2cnncc2c1. The first kappa shape index (κ1) is 18.0. The highest BCUT2D eigenvalue weighted by atomic mass is 17.2. The summed E-state index contributed by atoms with van der Waals surface area (Å²) in [4.78, 5) is 10.2. The summed E-state index contributed by atoms with van der Waals surface area (Å²) in [5.41, 5.74) is 2.05. The zero-order chi connectivity index (χ0) is 19.5. The van der Waals surface area contributed by atoms with E-state index in [0.29, 0.717) is 11.1 Å². The van der Waals surface area contributed by atoms with Crippen LogP contribution in [0.2, 0.25) is 0 Å². The molecule has 2 heterocycles. The van der Waals surface area contributed by atoms with E-state index in [1.807, 2.05) is 43.3 Å². The fourth-order valence-electron chi connectivity index (χ4n) is 3.22. The number of aliphatic hydroxyl groups is 1. The summed E-state index contributed by atoms with van der Waals surface area (Å²) < 4.78 is 0. The molecule has 2 aromatic carbocycles. The van der Waals surface area contributed by atoms with Gasteiger partial charge >= 0.3 is 0 Å². The second-order valence-electron chi connectivity index (χ2n) is 6.33. The number of nitrogens with zero attached hydrogens (tertiary/aromatic N) is 4. The molecule has 1 N–H and O–H groups in total. The van der Waals surface area contributed by atoms with E-state index in [-0.39, 0.29) is 5.76 Å². The molecule has 0 bridgehead atoms. The first-order valence-corrected chi connectivity index (χ1v) is 8.71. The van der Waals surface area contributed by atoms with Gasteiger partial charge in [0.2, 0.25) is 0 Å². The molecule has 0 radical (unpaired) electrons. The number of hydrogen-bond acceptors (Lipinski definition) is 7. The standard InChI is InChI=1S/C21H18N4O3/c1-13(28-27-2)20(14-3-5-16-9-22-24-11-18(16)7-14)21(26)15-4-6-17-10-23-25-12-19(17)8-15/h3-13,26H,1-2H3/b21-20+. The van der Waals surface area contributed by atoms with E-state index in [1.165, 1.54) is 7.11 Å². The molecule has 0 saturated heterocycles. The molecule has 0 fully saturated rings. The predicted molar refractivity (Wildman–Crippen MR) is 106 cm³/mol. The van der Waals surface area contributed by atoms with E-state index >= 15 is 0 Å². The molecular formula is C21H18N4O3. The minimum Gasteiger partial charge on any atom is -0.507 e. The zero-order valence-electron chi connectivity index (χ0n) is 15.4. The van der Waals surface area contributed by atoms with Crippen molar-refractivity contribution in [1.29, 1.82) is 0 Å². The molecule has 7 nitrogen and oxygen atoms in total. The van der Waals surface area contributed by atoms with Crippen LogP contribution in [0.5, 0.6) is 0 Å². The van der Waals surface area contributed by atoms with Crippen molar-refractivity contribution < 1.29 is 14.9 Å². The van der Waals surface area contributed by atoms with Gasteiger partial charge in [-0.25, -0.2) is 9.78 Å². The van der Waals surface area contributed by atoms with Gasteiger partial charge in [0.05, 0.1) is 31.9 Å². The maximum absolute atomic E-state index is 11.1. The lowest BCUT2D eigenvalue weighted by Crippen LogP contribution is -2.12. The predicted octanol–water partition coefficient (Wildman–Crippen LogP) is 3.97. The monoisotopic (exact) mass is 374 g/mol. The van der Waals surface area contributed by atoms with Crippen LogP contribution in [-0.2, 0) is 9.78 Å². The Balaban J connectivity index is 1.89. The molecule has 0 aliphatic carbocycles. The number of hydrogen-bond donors (Lipinski definition) is 1. The fourth-order valence-corrected chi connectivity index (χ4v) is 3.22. The minimum absolute atomic E-state index is 0.102. The third kappa shape index (κ3) is 3.40. The van der Waals surface area contributed by atoms with Crippen LogP contribution in [0.15, 0.2) is 61.2 Å². The van der Waals surface area contributed by atoms with E-state index in [2.05, 4.69) is 20.4 Å². The molecule has 4 rings (SSSR count). The summed E-state index contributed by atoms with van der Waals surface area (Å²) in [5.74, 6) is 0.102.